The van der Waals surface area contributed by atoms with Gasteiger partial charge in [-0.2, -0.15) is 35.3 Å². The van der Waals surface area contributed by atoms with Crippen molar-refractivity contribution >= 4 is 35.3 Å². The van der Waals surface area contributed by atoms with Crippen LogP contribution in [0.3, 0.4) is 0 Å². The van der Waals surface area contributed by atoms with Crippen LogP contribution in [0, 0.1) is 20.8 Å². The van der Waals surface area contributed by atoms with Crippen molar-refractivity contribution in [3.05, 3.63) is 49.6 Å². The minimum absolute atomic E-state index is 0. The number of benzene rings is 1. The zero-order valence-corrected chi connectivity index (χ0v) is 35.0. The van der Waals surface area contributed by atoms with E-state index in [1.54, 1.807) is 35.3 Å². The van der Waals surface area contributed by atoms with Gasteiger partial charge in [0.25, 0.3) is 0 Å². The molecule has 1 N–H and O–H groups in total. The molecule has 114 valence electrons. The summed E-state index contributed by atoms with van der Waals surface area (Å²) in [5.41, 5.74) is 3.32. The topological polar surface area (TPSA) is 20.2 Å². The van der Waals surface area contributed by atoms with Gasteiger partial charge in [0.2, 0.25) is 0 Å². The van der Waals surface area contributed by atoms with Gasteiger partial charge >= 0.3 is 0 Å². The summed E-state index contributed by atoms with van der Waals surface area (Å²) in [6, 6.07) is 4.22. The molecule has 0 saturated heterocycles. The molecule has 1 aromatic carbocycles. The molecule has 0 aliphatic carbocycles. The van der Waals surface area contributed by atoms with E-state index in [1.165, 1.54) is 5.56 Å². The average molecular weight is 1110 g/mol. The first-order valence-corrected chi connectivity index (χ1v) is 9.64. The van der Waals surface area contributed by atoms with Gasteiger partial charge in [0.15, 0.2) is 0 Å². The van der Waals surface area contributed by atoms with E-state index in [0.717, 1.165) is 45.6 Å². The van der Waals surface area contributed by atoms with Crippen molar-refractivity contribution in [1.82, 2.24) is 0 Å². The van der Waals surface area contributed by atoms with E-state index < -0.39 is 0 Å². The summed E-state index contributed by atoms with van der Waals surface area (Å²) >= 11 is 5.26. The van der Waals surface area contributed by atoms with Crippen LogP contribution in [0.1, 0.15) is 16.7 Å². The Morgan fingerprint density at radius 2 is 1.09 bits per heavy atom. The SMILES string of the molecule is [CH2-]CSCc1cc(CSC[CH2-])c(O)c(CSC[CH2-])c1.[Rf].[Rf].[Rf]. The van der Waals surface area contributed by atoms with Crippen LogP contribution in [0.2, 0.25) is 0 Å². The quantitative estimate of drug-likeness (QED) is 0.366. The zero-order valence-electron chi connectivity index (χ0n) is 13.3. The van der Waals surface area contributed by atoms with Gasteiger partial charge in [0, 0.05) is 28.4 Å². The van der Waals surface area contributed by atoms with E-state index in [1.807, 2.05) is 0 Å². The van der Waals surface area contributed by atoms with E-state index >= 15 is 0 Å². The molecule has 1 rings (SSSR count). The minimum Gasteiger partial charge on any atom is -0.507 e. The van der Waals surface area contributed by atoms with Crippen molar-refractivity contribution in [2.75, 3.05) is 17.3 Å². The number of aromatic hydroxyl groups is 1. The van der Waals surface area contributed by atoms with Crippen molar-refractivity contribution in [2.45, 2.75) is 17.3 Å². The zero-order chi connectivity index (χ0) is 14.1. The van der Waals surface area contributed by atoms with E-state index in [0.29, 0.717) is 5.75 Å². The Balaban J connectivity index is -0.00000120. The molecule has 22 heavy (non-hydrogen) atoms. The summed E-state index contributed by atoms with van der Waals surface area (Å²) in [6.07, 6.45) is 0. The van der Waals surface area contributed by atoms with Crippen LogP contribution >= 0.6 is 35.3 Å². The predicted molar refractivity (Wildman–Crippen MR) is 92.7 cm³/mol. The van der Waals surface area contributed by atoms with Gasteiger partial charge in [-0.25, -0.2) is 0 Å². The third kappa shape index (κ3) is 7.01. The molecule has 0 aromatic heterocycles. The van der Waals surface area contributed by atoms with Gasteiger partial charge in [-0.15, -0.1) is 17.3 Å². The second kappa shape index (κ2) is 13.1. The summed E-state index contributed by atoms with van der Waals surface area (Å²) < 4.78 is 0. The molecule has 7 heteroatoms. The molecule has 0 bridgehead atoms. The molecule has 0 atom stereocenters. The Labute approximate surface area is 130 Å². The van der Waals surface area contributed by atoms with Crippen molar-refractivity contribution in [2.24, 2.45) is 0 Å². The number of hydrogen-bond acceptors (Lipinski definition) is 4. The standard InChI is InChI=1S/C15H21OS3.3Rf/c1-4-17-9-12-7-13(10-18-5-2)15(16)14(8-12)11-19-6-3;;;/h7-8,16H,1-6,9-11H2;;;/q-3;;;. The van der Waals surface area contributed by atoms with Crippen molar-refractivity contribution in [1.29, 1.82) is 0 Å². The van der Waals surface area contributed by atoms with Gasteiger partial charge in [0.1, 0.15) is 5.75 Å². The Kier molecular flexibility index (Phi) is 14.3. The molecule has 0 aliphatic heterocycles. The van der Waals surface area contributed by atoms with E-state index in [4.69, 9.17) is 0 Å². The van der Waals surface area contributed by atoms with Crippen LogP contribution in [0.5, 0.6) is 5.75 Å². The first kappa shape index (κ1) is 24.1. The predicted octanol–water partition coefficient (Wildman–Crippen LogP) is 4.59. The van der Waals surface area contributed by atoms with Gasteiger partial charge in [-0.3, -0.25) is 0 Å². The average Bonchev–Trinajstić information content (AvgIpc) is 2.43. The number of phenolic OH excluding ortho intramolecular Hbond substituents is 1. The maximum absolute atomic E-state index is 10.3. The Hall–Kier alpha value is -2.93. The van der Waals surface area contributed by atoms with Gasteiger partial charge in [-0.1, -0.05) is 12.1 Å². The van der Waals surface area contributed by atoms with Crippen LogP contribution in [0.25, 0.3) is 0 Å². The maximum atomic E-state index is 10.3. The maximum Gasteiger partial charge on any atom is 0.123 e. The van der Waals surface area contributed by atoms with Gasteiger partial charge in [0.05, 0.1) is 0 Å². The van der Waals surface area contributed by atoms with Crippen LogP contribution in [-0.4, -0.2) is 22.4 Å². The van der Waals surface area contributed by atoms with E-state index in [9.17, 15) is 5.11 Å². The molecule has 0 amide bonds. The first-order valence-electron chi connectivity index (χ1n) is 6.17. The Bertz CT molecular complexity index is 363. The Morgan fingerprint density at radius 3 is 1.45 bits per heavy atom. The van der Waals surface area contributed by atoms with Crippen molar-refractivity contribution in [3.63, 3.8) is 0 Å². The number of rotatable bonds is 9. The molecule has 0 aliphatic rings. The summed E-state index contributed by atoms with van der Waals surface area (Å²) in [4.78, 5) is 0. The van der Waals surface area contributed by atoms with E-state index in [2.05, 4.69) is 32.9 Å². The smallest absolute Gasteiger partial charge is 0.123 e. The summed E-state index contributed by atoms with van der Waals surface area (Å²) in [7, 11) is 0. The molecule has 1 aromatic rings. The molecular weight excluding hydrogens is 1090 g/mol. The van der Waals surface area contributed by atoms with Crippen molar-refractivity contribution in [3.8, 4) is 5.75 Å². The second-order valence-corrected chi connectivity index (χ2v) is 7.24. The third-order valence-electron chi connectivity index (χ3n) is 2.54. The molecule has 0 spiro atoms. The largest absolute Gasteiger partial charge is 0.507 e. The fourth-order valence-corrected chi connectivity index (χ4v) is 3.41. The first-order chi connectivity index (χ1) is 9.22. The summed E-state index contributed by atoms with van der Waals surface area (Å²) in [6.45, 7) is 11.5. The fraction of sp³-hybridized carbons (Fsp3) is 0.400. The van der Waals surface area contributed by atoms with Crippen LogP contribution in [-0.2, 0) is 17.3 Å². The van der Waals surface area contributed by atoms with E-state index in [-0.39, 0.29) is 0 Å². The molecule has 0 unspecified atom stereocenters. The normalized spacial score (nSPS) is 9.41. The van der Waals surface area contributed by atoms with Gasteiger partial charge < -0.3 is 25.9 Å². The third-order valence-corrected chi connectivity index (χ3v) is 4.98. The Morgan fingerprint density at radius 1 is 0.727 bits per heavy atom. The summed E-state index contributed by atoms with van der Waals surface area (Å²) in [5.74, 6) is 5.55. The molecular formula is C15H21ORf3S3-3. The second-order valence-electron chi connectivity index (χ2n) is 3.92. The number of hydrogen-bond donors (Lipinski definition) is 1. The van der Waals surface area contributed by atoms with Crippen molar-refractivity contribution < 1.29 is 5.11 Å². The molecule has 0 saturated carbocycles. The number of phenols is 1. The molecule has 0 fully saturated rings. The number of thioether (sulfide) groups is 3. The fourth-order valence-electron chi connectivity index (χ4n) is 1.69. The molecule has 0 radical (unpaired) electrons. The van der Waals surface area contributed by atoms with Crippen LogP contribution in [0.15, 0.2) is 12.1 Å². The molecule has 1 nitrogen and oxygen atoms in total. The van der Waals surface area contributed by atoms with Crippen LogP contribution < -0.4 is 0 Å². The monoisotopic (exact) mass is 1110 g/mol. The van der Waals surface area contributed by atoms with Crippen LogP contribution in [0.4, 0.5) is 0 Å². The van der Waals surface area contributed by atoms with Gasteiger partial charge in [-0.05, 0) is 5.56 Å². The minimum atomic E-state index is 0. The summed E-state index contributed by atoms with van der Waals surface area (Å²) in [5, 5.41) is 10.3. The molecule has 0 heterocycles.